The van der Waals surface area contributed by atoms with E-state index in [-0.39, 0.29) is 36.0 Å². The molecule has 3 fully saturated rings. The molecule has 1 aliphatic carbocycles. The maximum Gasteiger partial charge on any atom is 0.270 e. The maximum absolute atomic E-state index is 13.2. The third-order valence-electron chi connectivity index (χ3n) is 8.06. The standard InChI is InChI=1S/C28H36N8O4/c37-26(29-14-22(33-39)16-34-8-7-19-3-1-2-4-21(19)15-34)24-13-25(30-23-17-40-18-23)32-28(31-24)36-11-9-35(10-12-36)27(38)20-5-6-20/h1-4,13,20,22-23H,5-12,14-18H2,(H,29,37)(H,30,31,32). The van der Waals surface area contributed by atoms with Gasteiger partial charge in [-0.2, -0.15) is 9.89 Å². The lowest BCUT2D eigenvalue weighted by Gasteiger charge is -2.35. The summed E-state index contributed by atoms with van der Waals surface area (Å²) in [5.41, 5.74) is 2.84. The van der Waals surface area contributed by atoms with Crippen molar-refractivity contribution < 1.29 is 14.3 Å². The Balaban J connectivity index is 1.09. The number of nitrogens with zero attached hydrogens (tertiary/aromatic N) is 6. The molecule has 4 heterocycles. The maximum atomic E-state index is 13.2. The summed E-state index contributed by atoms with van der Waals surface area (Å²) in [6, 6.07) is 9.54. The molecular weight excluding hydrogens is 512 g/mol. The number of carbonyl (C=O) groups is 2. The average Bonchev–Trinajstić information content (AvgIpc) is 3.82. The Bertz CT molecular complexity index is 1240. The molecule has 0 radical (unpaired) electrons. The highest BCUT2D eigenvalue weighted by Gasteiger charge is 2.35. The van der Waals surface area contributed by atoms with Crippen LogP contribution in [0.3, 0.4) is 0 Å². The molecule has 40 heavy (non-hydrogen) atoms. The second-order valence-corrected chi connectivity index (χ2v) is 11.1. The number of rotatable bonds is 10. The lowest BCUT2D eigenvalue weighted by molar-refractivity contribution is -0.132. The Morgan fingerprint density at radius 2 is 1.82 bits per heavy atom. The van der Waals surface area contributed by atoms with Crippen LogP contribution in [0.25, 0.3) is 0 Å². The molecule has 2 aromatic rings. The van der Waals surface area contributed by atoms with E-state index in [9.17, 15) is 14.5 Å². The molecule has 6 rings (SSSR count). The average molecular weight is 549 g/mol. The zero-order chi connectivity index (χ0) is 27.5. The first-order valence-corrected chi connectivity index (χ1v) is 14.2. The van der Waals surface area contributed by atoms with E-state index in [2.05, 4.69) is 48.9 Å². The van der Waals surface area contributed by atoms with Gasteiger partial charge in [0, 0.05) is 64.3 Å². The van der Waals surface area contributed by atoms with Gasteiger partial charge in [0.25, 0.3) is 5.91 Å². The van der Waals surface area contributed by atoms with Crippen molar-refractivity contribution in [2.75, 3.05) is 69.2 Å². The fraction of sp³-hybridized carbons (Fsp3) is 0.571. The van der Waals surface area contributed by atoms with Crippen LogP contribution < -0.4 is 15.5 Å². The Labute approximate surface area is 233 Å². The summed E-state index contributed by atoms with van der Waals surface area (Å²) in [4.78, 5) is 52.7. The van der Waals surface area contributed by atoms with Gasteiger partial charge in [-0.15, -0.1) is 0 Å². The third kappa shape index (κ3) is 6.23. The summed E-state index contributed by atoms with van der Waals surface area (Å²) in [7, 11) is 0. The molecule has 212 valence electrons. The largest absolute Gasteiger partial charge is 0.377 e. The van der Waals surface area contributed by atoms with Crippen molar-refractivity contribution in [3.05, 3.63) is 52.1 Å². The van der Waals surface area contributed by atoms with E-state index in [0.29, 0.717) is 57.7 Å². The van der Waals surface area contributed by atoms with Crippen molar-refractivity contribution in [3.63, 3.8) is 0 Å². The normalized spacial score (nSPS) is 20.3. The topological polar surface area (TPSA) is 132 Å². The molecule has 0 bridgehead atoms. The zero-order valence-electron chi connectivity index (χ0n) is 22.6. The van der Waals surface area contributed by atoms with Gasteiger partial charge in [-0.3, -0.25) is 14.5 Å². The molecule has 1 aromatic heterocycles. The van der Waals surface area contributed by atoms with Crippen LogP contribution in [0.5, 0.6) is 0 Å². The molecule has 2 N–H and O–H groups in total. The van der Waals surface area contributed by atoms with Crippen molar-refractivity contribution in [1.29, 1.82) is 0 Å². The minimum atomic E-state index is -0.572. The van der Waals surface area contributed by atoms with Gasteiger partial charge in [-0.05, 0) is 30.4 Å². The van der Waals surface area contributed by atoms with Crippen molar-refractivity contribution in [2.45, 2.75) is 37.9 Å². The Morgan fingerprint density at radius 3 is 2.52 bits per heavy atom. The summed E-state index contributed by atoms with van der Waals surface area (Å²) in [5, 5.41) is 9.49. The van der Waals surface area contributed by atoms with Gasteiger partial charge in [0.15, 0.2) is 0 Å². The molecule has 4 aliphatic rings. The van der Waals surface area contributed by atoms with Crippen molar-refractivity contribution >= 4 is 23.6 Å². The highest BCUT2D eigenvalue weighted by atomic mass is 16.5. The highest BCUT2D eigenvalue weighted by Crippen LogP contribution is 2.31. The number of hydrogen-bond donors (Lipinski definition) is 2. The van der Waals surface area contributed by atoms with E-state index in [0.717, 1.165) is 32.4 Å². The van der Waals surface area contributed by atoms with Crippen molar-refractivity contribution in [3.8, 4) is 0 Å². The van der Waals surface area contributed by atoms with E-state index in [4.69, 9.17) is 4.74 Å². The molecule has 1 saturated carbocycles. The van der Waals surface area contributed by atoms with Crippen LogP contribution in [0.2, 0.25) is 0 Å². The molecule has 2 amide bonds. The van der Waals surface area contributed by atoms with Gasteiger partial charge < -0.3 is 25.2 Å². The number of benzene rings is 1. The monoisotopic (exact) mass is 548 g/mol. The van der Waals surface area contributed by atoms with E-state index in [1.165, 1.54) is 11.1 Å². The Hall–Kier alpha value is -3.64. The summed E-state index contributed by atoms with van der Waals surface area (Å²) < 4.78 is 5.27. The number of piperazine rings is 1. The number of aromatic nitrogens is 2. The minimum absolute atomic E-state index is 0.126. The van der Waals surface area contributed by atoms with Crippen LogP contribution in [0.1, 0.15) is 34.5 Å². The number of amides is 2. The van der Waals surface area contributed by atoms with Crippen LogP contribution in [-0.4, -0.2) is 103 Å². The Morgan fingerprint density at radius 1 is 1.05 bits per heavy atom. The molecule has 1 atom stereocenters. The number of ether oxygens (including phenoxy) is 1. The van der Waals surface area contributed by atoms with Crippen molar-refractivity contribution in [1.82, 2.24) is 25.1 Å². The van der Waals surface area contributed by atoms with E-state index in [1.54, 1.807) is 6.07 Å². The molecule has 3 aliphatic heterocycles. The fourth-order valence-corrected chi connectivity index (χ4v) is 5.45. The summed E-state index contributed by atoms with van der Waals surface area (Å²) >= 11 is 0. The van der Waals surface area contributed by atoms with Crippen LogP contribution in [0.4, 0.5) is 11.8 Å². The first-order chi connectivity index (χ1) is 19.6. The molecule has 1 aromatic carbocycles. The predicted molar refractivity (Wildman–Crippen MR) is 149 cm³/mol. The first-order valence-electron chi connectivity index (χ1n) is 14.2. The van der Waals surface area contributed by atoms with Gasteiger partial charge in [0.1, 0.15) is 17.6 Å². The number of hydrogen-bond acceptors (Lipinski definition) is 10. The molecule has 1 unspecified atom stereocenters. The van der Waals surface area contributed by atoms with Crippen LogP contribution in [0.15, 0.2) is 35.5 Å². The van der Waals surface area contributed by atoms with Crippen molar-refractivity contribution in [2.24, 2.45) is 11.1 Å². The van der Waals surface area contributed by atoms with Gasteiger partial charge >= 0.3 is 0 Å². The predicted octanol–water partition coefficient (Wildman–Crippen LogP) is 1.27. The number of nitroso groups, excluding NO2 is 1. The first kappa shape index (κ1) is 26.6. The number of nitrogens with one attached hydrogen (secondary N) is 2. The smallest absolute Gasteiger partial charge is 0.270 e. The molecule has 12 heteroatoms. The van der Waals surface area contributed by atoms with Gasteiger partial charge in [-0.25, -0.2) is 4.98 Å². The quantitative estimate of drug-likeness (QED) is 0.421. The number of carbonyl (C=O) groups excluding carboxylic acids is 2. The minimum Gasteiger partial charge on any atom is -0.377 e. The van der Waals surface area contributed by atoms with Crippen LogP contribution in [0, 0.1) is 10.8 Å². The molecular formula is C28H36N8O4. The number of anilines is 2. The molecule has 2 saturated heterocycles. The molecule has 12 nitrogen and oxygen atoms in total. The summed E-state index contributed by atoms with van der Waals surface area (Å²) in [6.45, 7) is 5.82. The lowest BCUT2D eigenvalue weighted by Crippen LogP contribution is -2.50. The van der Waals surface area contributed by atoms with Gasteiger partial charge in [0.05, 0.1) is 19.3 Å². The van der Waals surface area contributed by atoms with E-state index >= 15 is 0 Å². The summed E-state index contributed by atoms with van der Waals surface area (Å²) in [5.74, 6) is 1.07. The zero-order valence-corrected chi connectivity index (χ0v) is 22.6. The fourth-order valence-electron chi connectivity index (χ4n) is 5.45. The molecule has 0 spiro atoms. The van der Waals surface area contributed by atoms with Gasteiger partial charge in [0.2, 0.25) is 11.9 Å². The second-order valence-electron chi connectivity index (χ2n) is 11.1. The third-order valence-corrected chi connectivity index (χ3v) is 8.06. The lowest BCUT2D eigenvalue weighted by atomic mass is 9.99. The number of fused-ring (bicyclic) bond motifs is 1. The van der Waals surface area contributed by atoms with Crippen LogP contribution in [-0.2, 0) is 22.5 Å². The highest BCUT2D eigenvalue weighted by molar-refractivity contribution is 5.93. The summed E-state index contributed by atoms with van der Waals surface area (Å²) in [6.07, 6.45) is 2.92. The van der Waals surface area contributed by atoms with Gasteiger partial charge in [-0.1, -0.05) is 29.4 Å². The SMILES string of the molecule is O=NC(CNC(=O)c1cc(NC2COC2)nc(N2CCN(C(=O)C3CC3)CC2)n1)CN1CCc2ccccc2C1. The van der Waals surface area contributed by atoms with Crippen LogP contribution >= 0.6 is 0 Å². The van der Waals surface area contributed by atoms with E-state index in [1.807, 2.05) is 15.9 Å². The van der Waals surface area contributed by atoms with E-state index < -0.39 is 6.04 Å². The second kappa shape index (κ2) is 11.8. The Kier molecular flexibility index (Phi) is 7.87.